The molecule has 1 saturated heterocycles. The molecule has 2 atom stereocenters. The molecule has 0 unspecified atom stereocenters. The number of thioether (sulfide) groups is 1. The maximum Gasteiger partial charge on any atom is 0.231 e. The molecule has 1 amide bonds. The fourth-order valence-electron chi connectivity index (χ4n) is 4.25. The van der Waals surface area contributed by atoms with Crippen LogP contribution in [0.25, 0.3) is 0 Å². The Morgan fingerprint density at radius 1 is 1.12 bits per heavy atom. The summed E-state index contributed by atoms with van der Waals surface area (Å²) in [4.78, 5) is 14.7. The number of carbonyl (C=O) groups excluding carboxylic acids is 1. The van der Waals surface area contributed by atoms with E-state index in [-0.39, 0.29) is 18.1 Å². The molecular formula is C24H24N2O5S. The maximum absolute atomic E-state index is 13.3. The highest BCUT2D eigenvalue weighted by molar-refractivity contribution is 8.03. The van der Waals surface area contributed by atoms with E-state index in [0.717, 1.165) is 5.56 Å². The molecule has 2 aliphatic rings. The van der Waals surface area contributed by atoms with Gasteiger partial charge in [-0.3, -0.25) is 9.69 Å². The number of rotatable bonds is 5. The normalized spacial score (nSPS) is 22.4. The smallest absolute Gasteiger partial charge is 0.231 e. The number of aliphatic hydroxyl groups is 1. The number of allylic oxidation sites excluding steroid dienone is 1. The molecule has 1 N–H and O–H groups in total. The molecule has 8 heteroatoms. The third-order valence-corrected chi connectivity index (χ3v) is 7.14. The highest BCUT2D eigenvalue weighted by Crippen LogP contribution is 2.52. The summed E-state index contributed by atoms with van der Waals surface area (Å²) in [5.74, 6) is 0.872. The first-order valence-corrected chi connectivity index (χ1v) is 11.1. The first-order chi connectivity index (χ1) is 15.4. The van der Waals surface area contributed by atoms with Gasteiger partial charge >= 0.3 is 0 Å². The van der Waals surface area contributed by atoms with Crippen molar-refractivity contribution in [3.05, 3.63) is 63.7 Å². The zero-order valence-corrected chi connectivity index (χ0v) is 19.2. The third-order valence-electron chi connectivity index (χ3n) is 5.91. The van der Waals surface area contributed by atoms with Crippen molar-refractivity contribution in [1.82, 2.24) is 4.90 Å². The zero-order valence-electron chi connectivity index (χ0n) is 18.3. The van der Waals surface area contributed by atoms with E-state index in [9.17, 15) is 15.2 Å². The Kier molecular flexibility index (Phi) is 5.80. The van der Waals surface area contributed by atoms with Gasteiger partial charge in [0.15, 0.2) is 17.2 Å². The second-order valence-corrected chi connectivity index (χ2v) is 8.71. The molecule has 2 aromatic carbocycles. The zero-order chi connectivity index (χ0) is 23.0. The van der Waals surface area contributed by atoms with Crippen LogP contribution in [0.4, 0.5) is 0 Å². The first kappa shape index (κ1) is 22.1. The van der Waals surface area contributed by atoms with Crippen LogP contribution in [-0.2, 0) is 10.5 Å². The topological polar surface area (TPSA) is 92.0 Å². The van der Waals surface area contributed by atoms with Gasteiger partial charge in [0.1, 0.15) is 0 Å². The molecule has 166 valence electrons. The fourth-order valence-corrected chi connectivity index (χ4v) is 5.61. The molecule has 1 fully saturated rings. The highest BCUT2D eigenvalue weighted by Gasteiger charge is 2.51. The van der Waals surface area contributed by atoms with E-state index in [1.54, 1.807) is 12.1 Å². The quantitative estimate of drug-likeness (QED) is 0.740. The molecule has 7 nitrogen and oxygen atoms in total. The Labute approximate surface area is 191 Å². The summed E-state index contributed by atoms with van der Waals surface area (Å²) in [6, 6.07) is 13.3. The van der Waals surface area contributed by atoms with E-state index in [1.165, 1.54) is 38.0 Å². The van der Waals surface area contributed by atoms with Gasteiger partial charge in [0.05, 0.1) is 43.8 Å². The second kappa shape index (κ2) is 8.41. The average Bonchev–Trinajstić information content (AvgIpc) is 3.17. The predicted molar refractivity (Wildman–Crippen MR) is 120 cm³/mol. The van der Waals surface area contributed by atoms with Crippen LogP contribution in [0.1, 0.15) is 29.0 Å². The number of hydrogen-bond acceptors (Lipinski definition) is 7. The van der Waals surface area contributed by atoms with E-state index in [2.05, 4.69) is 6.07 Å². The van der Waals surface area contributed by atoms with E-state index in [4.69, 9.17) is 14.2 Å². The van der Waals surface area contributed by atoms with Crippen molar-refractivity contribution in [3.8, 4) is 23.3 Å². The van der Waals surface area contributed by atoms with Gasteiger partial charge in [-0.05, 0) is 24.6 Å². The van der Waals surface area contributed by atoms with Gasteiger partial charge < -0.3 is 19.3 Å². The molecule has 0 radical (unpaired) electrons. The molecule has 2 aromatic rings. The summed E-state index contributed by atoms with van der Waals surface area (Å²) in [6.07, 6.45) is 0.0414. The van der Waals surface area contributed by atoms with Crippen LogP contribution in [0.15, 0.2) is 47.0 Å². The molecule has 2 heterocycles. The van der Waals surface area contributed by atoms with Crippen molar-refractivity contribution in [3.63, 3.8) is 0 Å². The largest absolute Gasteiger partial charge is 0.493 e. The van der Waals surface area contributed by atoms with Crippen LogP contribution in [0.2, 0.25) is 0 Å². The number of benzene rings is 2. The molecule has 32 heavy (non-hydrogen) atoms. The lowest BCUT2D eigenvalue weighted by Crippen LogP contribution is -2.48. The number of nitrogens with zero attached hydrogens (tertiary/aromatic N) is 2. The minimum Gasteiger partial charge on any atom is -0.493 e. The Hall–Kier alpha value is -3.15. The van der Waals surface area contributed by atoms with Crippen LogP contribution >= 0.6 is 11.8 Å². The van der Waals surface area contributed by atoms with Crippen LogP contribution in [0.3, 0.4) is 0 Å². The van der Waals surface area contributed by atoms with Gasteiger partial charge in [-0.15, -0.1) is 11.8 Å². The summed E-state index contributed by atoms with van der Waals surface area (Å²) in [5.41, 5.74) is 1.34. The minimum atomic E-state index is -1.49. The van der Waals surface area contributed by atoms with E-state index >= 15 is 0 Å². The van der Waals surface area contributed by atoms with Crippen molar-refractivity contribution in [1.29, 1.82) is 5.26 Å². The monoisotopic (exact) mass is 452 g/mol. The van der Waals surface area contributed by atoms with E-state index < -0.39 is 11.6 Å². The maximum atomic E-state index is 13.3. The SMILES string of the molecule is COc1cc([C@@H]2CC(=O)N3C(=C2C#N)SC[C@]3(O)c2ccc(C)cc2)cc(OC)c1OC. The summed E-state index contributed by atoms with van der Waals surface area (Å²) < 4.78 is 16.3. The summed E-state index contributed by atoms with van der Waals surface area (Å²) in [7, 11) is 4.56. The average molecular weight is 453 g/mol. The third kappa shape index (κ3) is 3.38. The lowest BCUT2D eigenvalue weighted by Gasteiger charge is -2.38. The number of fused-ring (bicyclic) bond motifs is 1. The Bertz CT molecular complexity index is 1110. The molecule has 0 saturated carbocycles. The van der Waals surface area contributed by atoms with E-state index in [1.807, 2.05) is 31.2 Å². The fraction of sp³-hybridized carbons (Fsp3) is 0.333. The molecule has 0 spiro atoms. The molecule has 0 aromatic heterocycles. The number of amides is 1. The Balaban J connectivity index is 1.82. The lowest BCUT2D eigenvalue weighted by molar-refractivity contribution is -0.149. The van der Waals surface area contributed by atoms with Crippen LogP contribution in [-0.4, -0.2) is 43.0 Å². The molecule has 2 aliphatic heterocycles. The predicted octanol–water partition coefficient (Wildman–Crippen LogP) is 3.66. The number of methoxy groups -OCH3 is 3. The Morgan fingerprint density at radius 2 is 1.75 bits per heavy atom. The number of carbonyl (C=O) groups is 1. The van der Waals surface area contributed by atoms with Gasteiger partial charge in [0.2, 0.25) is 11.7 Å². The standard InChI is InChI=1S/C24H24N2O5S/c1-14-5-7-16(8-6-14)24(28)13-32-23-18(12-25)17(11-21(27)26(23)24)15-9-19(29-2)22(31-4)20(10-15)30-3/h5-10,17,28H,11,13H2,1-4H3/t17-,24-/m0/s1. The van der Waals surface area contributed by atoms with Crippen molar-refractivity contribution in [2.24, 2.45) is 0 Å². The minimum absolute atomic E-state index is 0.0414. The van der Waals surface area contributed by atoms with Crippen molar-refractivity contribution >= 4 is 17.7 Å². The van der Waals surface area contributed by atoms with Crippen molar-refractivity contribution < 1.29 is 24.1 Å². The summed E-state index contributed by atoms with van der Waals surface area (Å²) >= 11 is 1.32. The summed E-state index contributed by atoms with van der Waals surface area (Å²) in [6.45, 7) is 1.96. The Morgan fingerprint density at radius 3 is 2.28 bits per heavy atom. The molecular weight excluding hydrogens is 428 g/mol. The first-order valence-electron chi connectivity index (χ1n) is 10.1. The van der Waals surface area contributed by atoms with Gasteiger partial charge in [0, 0.05) is 17.9 Å². The number of aryl methyl sites for hydroxylation is 1. The molecule has 0 aliphatic carbocycles. The molecule has 4 rings (SSSR count). The van der Waals surface area contributed by atoms with Crippen LogP contribution in [0.5, 0.6) is 17.2 Å². The number of hydrogen-bond donors (Lipinski definition) is 1. The van der Waals surface area contributed by atoms with Gasteiger partial charge in [-0.2, -0.15) is 5.26 Å². The molecule has 0 bridgehead atoms. The van der Waals surface area contributed by atoms with Crippen LogP contribution < -0.4 is 14.2 Å². The van der Waals surface area contributed by atoms with Gasteiger partial charge in [-0.1, -0.05) is 29.8 Å². The highest BCUT2D eigenvalue weighted by atomic mass is 32.2. The van der Waals surface area contributed by atoms with E-state index in [0.29, 0.717) is 39.0 Å². The number of nitriles is 1. The summed E-state index contributed by atoms with van der Waals surface area (Å²) in [5, 5.41) is 22.1. The van der Waals surface area contributed by atoms with Gasteiger partial charge in [-0.25, -0.2) is 0 Å². The lowest BCUT2D eigenvalue weighted by atomic mass is 9.85. The number of ether oxygens (including phenoxy) is 3. The second-order valence-electron chi connectivity index (χ2n) is 7.75. The van der Waals surface area contributed by atoms with Crippen LogP contribution in [0, 0.1) is 18.3 Å². The van der Waals surface area contributed by atoms with Gasteiger partial charge in [0.25, 0.3) is 0 Å². The van der Waals surface area contributed by atoms with Crippen molar-refractivity contribution in [2.45, 2.75) is 25.0 Å². The van der Waals surface area contributed by atoms with Crippen molar-refractivity contribution in [2.75, 3.05) is 27.1 Å².